The van der Waals surface area contributed by atoms with Crippen LogP contribution < -0.4 is 5.73 Å². The summed E-state index contributed by atoms with van der Waals surface area (Å²) in [6.07, 6.45) is 65.1. The maximum absolute atomic E-state index is 12.7. The lowest BCUT2D eigenvalue weighted by atomic mass is 10.1. The second kappa shape index (κ2) is 46.1. The van der Waals surface area contributed by atoms with E-state index in [9.17, 15) is 19.0 Å². The summed E-state index contributed by atoms with van der Waals surface area (Å²) in [7, 11) is -4.65. The number of hydrogen-bond donors (Lipinski definition) is 3. The number of allylic oxidation sites excluding steroid dienone is 22. The van der Waals surface area contributed by atoms with Gasteiger partial charge in [0.05, 0.1) is 19.8 Å². The number of carbonyl (C=O) groups excluding carboxylic acids is 1. The number of carbonyl (C=O) groups is 2. The molecule has 354 valence electrons. The number of carboxylic acids is 1. The average molecular weight is 896 g/mol. The highest BCUT2D eigenvalue weighted by Gasteiger charge is 2.27. The van der Waals surface area contributed by atoms with Crippen LogP contribution in [0.4, 0.5) is 0 Å². The Bertz CT molecular complexity index is 1500. The van der Waals surface area contributed by atoms with Gasteiger partial charge in [-0.2, -0.15) is 0 Å². The van der Waals surface area contributed by atoms with Crippen molar-refractivity contribution < 1.29 is 42.7 Å². The molecule has 0 heterocycles. The van der Waals surface area contributed by atoms with Gasteiger partial charge in [-0.1, -0.05) is 167 Å². The van der Waals surface area contributed by atoms with Crippen molar-refractivity contribution in [2.45, 2.75) is 154 Å². The van der Waals surface area contributed by atoms with Gasteiger partial charge in [0.1, 0.15) is 12.1 Å². The first-order chi connectivity index (χ1) is 30.7. The Labute approximate surface area is 381 Å². The maximum atomic E-state index is 12.7. The molecule has 4 N–H and O–H groups in total. The summed E-state index contributed by atoms with van der Waals surface area (Å²) in [5.41, 5.74) is 5.36. The van der Waals surface area contributed by atoms with E-state index < -0.39 is 45.1 Å². The predicted octanol–water partition coefficient (Wildman–Crippen LogP) is 13.4. The fourth-order valence-corrected chi connectivity index (χ4v) is 6.19. The molecule has 0 aromatic heterocycles. The van der Waals surface area contributed by atoms with E-state index in [1.807, 2.05) is 0 Å². The van der Waals surface area contributed by atoms with Crippen molar-refractivity contribution in [1.82, 2.24) is 0 Å². The Hall–Kier alpha value is -3.89. The van der Waals surface area contributed by atoms with E-state index in [1.165, 1.54) is 0 Å². The van der Waals surface area contributed by atoms with Gasteiger partial charge in [0, 0.05) is 13.0 Å². The lowest BCUT2D eigenvalue weighted by Gasteiger charge is -2.20. The zero-order valence-corrected chi connectivity index (χ0v) is 39.5. The van der Waals surface area contributed by atoms with Crippen LogP contribution in [0.25, 0.3) is 0 Å². The average Bonchev–Trinajstić information content (AvgIpc) is 3.26. The standard InChI is InChI=1S/C52H82NO9P/c1-3-5-7-9-11-13-15-17-19-21-23-25-26-28-30-32-34-36-38-40-42-44-51(54)62-49(47-60-63(57,58)61-48-50(53)52(55)56)46-59-45-43-41-39-37-35-33-31-29-27-24-22-20-18-16-14-12-10-8-6-4-2/h5-8,11-14,17-20,23-25,27-28,30-31,33,37,39,49-50H,3-4,9-10,15-16,21-22,26,29,32,34-36,38,40-48,53H2,1-2H3,(H,55,56)(H,57,58)/b7-5-,8-6-,13-11-,14-12-,19-17-,20-18-,25-23-,27-24-,30-28-,33-31-,39-37-. The Morgan fingerprint density at radius 2 is 0.873 bits per heavy atom. The van der Waals surface area contributed by atoms with Crippen LogP contribution in [0.15, 0.2) is 134 Å². The van der Waals surface area contributed by atoms with Gasteiger partial charge in [0.2, 0.25) is 0 Å². The SMILES string of the molecule is CC/C=C\C/C=C\C/C=C\C/C=C\C/C=C\C/C=C\CCCOCC(COP(=O)(O)OCC(N)C(=O)O)OC(=O)CCCCCCC/C=C\C/C=C\C/C=C\C/C=C\C/C=C\CC. The molecular formula is C52H82NO9P. The molecule has 0 bridgehead atoms. The summed E-state index contributed by atoms with van der Waals surface area (Å²) in [6.45, 7) is 3.44. The van der Waals surface area contributed by atoms with E-state index in [0.717, 1.165) is 116 Å². The number of phosphoric acid groups is 1. The van der Waals surface area contributed by atoms with Gasteiger partial charge < -0.3 is 25.2 Å². The number of rotatable bonds is 42. The minimum absolute atomic E-state index is 0.0417. The van der Waals surface area contributed by atoms with E-state index in [4.69, 9.17) is 29.4 Å². The van der Waals surface area contributed by atoms with E-state index in [1.54, 1.807) is 0 Å². The number of aliphatic carboxylic acids is 1. The summed E-state index contributed by atoms with van der Waals surface area (Å²) in [5, 5.41) is 8.91. The quantitative estimate of drug-likeness (QED) is 0.0233. The lowest BCUT2D eigenvalue weighted by Crippen LogP contribution is -2.34. The fourth-order valence-electron chi connectivity index (χ4n) is 5.41. The first kappa shape index (κ1) is 59.1. The van der Waals surface area contributed by atoms with Gasteiger partial charge in [0.15, 0.2) is 0 Å². The molecule has 0 rings (SSSR count). The second-order valence-electron chi connectivity index (χ2n) is 14.8. The summed E-state index contributed by atoms with van der Waals surface area (Å²) < 4.78 is 33.3. The molecule has 3 unspecified atom stereocenters. The van der Waals surface area contributed by atoms with Crippen molar-refractivity contribution in [1.29, 1.82) is 0 Å². The molecule has 0 amide bonds. The predicted molar refractivity (Wildman–Crippen MR) is 262 cm³/mol. The Morgan fingerprint density at radius 1 is 0.508 bits per heavy atom. The van der Waals surface area contributed by atoms with Gasteiger partial charge >= 0.3 is 19.8 Å². The molecule has 0 aromatic rings. The Balaban J connectivity index is 4.40. The van der Waals surface area contributed by atoms with Gasteiger partial charge in [0.25, 0.3) is 0 Å². The largest absolute Gasteiger partial charge is 0.480 e. The molecular weight excluding hydrogens is 814 g/mol. The molecule has 0 saturated heterocycles. The minimum Gasteiger partial charge on any atom is -0.480 e. The molecule has 11 heteroatoms. The molecule has 0 spiro atoms. The summed E-state index contributed by atoms with van der Waals surface area (Å²) in [6, 6.07) is -1.50. The number of carboxylic acid groups (broad SMARTS) is 1. The molecule has 3 atom stereocenters. The van der Waals surface area contributed by atoms with Gasteiger partial charge in [-0.25, -0.2) is 4.57 Å². The number of hydrogen-bond acceptors (Lipinski definition) is 8. The molecule has 0 saturated carbocycles. The number of nitrogens with two attached hydrogens (primary N) is 1. The number of esters is 1. The van der Waals surface area contributed by atoms with Crippen LogP contribution in [-0.4, -0.2) is 60.5 Å². The van der Waals surface area contributed by atoms with E-state index >= 15 is 0 Å². The highest BCUT2D eigenvalue weighted by molar-refractivity contribution is 7.47. The third kappa shape index (κ3) is 45.9. The Morgan fingerprint density at radius 3 is 1.30 bits per heavy atom. The topological polar surface area (TPSA) is 155 Å². The summed E-state index contributed by atoms with van der Waals surface area (Å²) >= 11 is 0. The zero-order chi connectivity index (χ0) is 46.2. The smallest absolute Gasteiger partial charge is 0.472 e. The van der Waals surface area contributed by atoms with Crippen LogP contribution >= 0.6 is 7.82 Å². The van der Waals surface area contributed by atoms with Crippen LogP contribution in [0.2, 0.25) is 0 Å². The fraction of sp³-hybridized carbons (Fsp3) is 0.538. The van der Waals surface area contributed by atoms with E-state index in [-0.39, 0.29) is 13.0 Å². The van der Waals surface area contributed by atoms with Crippen molar-refractivity contribution >= 4 is 19.8 Å². The lowest BCUT2D eigenvalue weighted by molar-refractivity contribution is -0.154. The molecule has 10 nitrogen and oxygen atoms in total. The third-order valence-corrected chi connectivity index (χ3v) is 9.88. The monoisotopic (exact) mass is 896 g/mol. The molecule has 0 fully saturated rings. The van der Waals surface area contributed by atoms with Crippen molar-refractivity contribution in [3.8, 4) is 0 Å². The highest BCUT2D eigenvalue weighted by atomic mass is 31.2. The third-order valence-electron chi connectivity index (χ3n) is 8.93. The maximum Gasteiger partial charge on any atom is 0.472 e. The second-order valence-corrected chi connectivity index (χ2v) is 16.2. The molecule has 0 aliphatic rings. The highest BCUT2D eigenvalue weighted by Crippen LogP contribution is 2.43. The molecule has 0 aromatic carbocycles. The van der Waals surface area contributed by atoms with Crippen LogP contribution in [0.1, 0.15) is 142 Å². The van der Waals surface area contributed by atoms with Gasteiger partial charge in [-0.15, -0.1) is 0 Å². The van der Waals surface area contributed by atoms with Crippen LogP contribution in [0, 0.1) is 0 Å². The molecule has 0 aliphatic carbocycles. The number of phosphoric ester groups is 1. The summed E-state index contributed by atoms with van der Waals surface area (Å²) in [5.74, 6) is -1.84. The van der Waals surface area contributed by atoms with E-state index in [0.29, 0.717) is 13.0 Å². The number of ether oxygens (including phenoxy) is 2. The zero-order valence-electron chi connectivity index (χ0n) is 38.6. The summed E-state index contributed by atoms with van der Waals surface area (Å²) in [4.78, 5) is 33.6. The minimum atomic E-state index is -4.65. The normalized spacial score (nSPS) is 15.0. The van der Waals surface area contributed by atoms with Crippen molar-refractivity contribution in [2.75, 3.05) is 26.4 Å². The Kier molecular flexibility index (Phi) is 43.3. The molecule has 0 aliphatic heterocycles. The van der Waals surface area contributed by atoms with Gasteiger partial charge in [-0.3, -0.25) is 18.6 Å². The molecule has 0 radical (unpaired) electrons. The van der Waals surface area contributed by atoms with E-state index in [2.05, 4.69) is 148 Å². The van der Waals surface area contributed by atoms with Crippen LogP contribution in [-0.2, 0) is 32.7 Å². The number of unbranched alkanes of at least 4 members (excludes halogenated alkanes) is 6. The first-order valence-corrected chi connectivity index (χ1v) is 24.7. The first-order valence-electron chi connectivity index (χ1n) is 23.2. The van der Waals surface area contributed by atoms with Crippen LogP contribution in [0.5, 0.6) is 0 Å². The van der Waals surface area contributed by atoms with Crippen molar-refractivity contribution in [3.63, 3.8) is 0 Å². The van der Waals surface area contributed by atoms with Crippen LogP contribution in [0.3, 0.4) is 0 Å². The van der Waals surface area contributed by atoms with Crippen molar-refractivity contribution in [3.05, 3.63) is 134 Å². The van der Waals surface area contributed by atoms with Crippen molar-refractivity contribution in [2.24, 2.45) is 5.73 Å². The molecule has 63 heavy (non-hydrogen) atoms. The van der Waals surface area contributed by atoms with Gasteiger partial charge in [-0.05, 0) is 103 Å².